The predicted molar refractivity (Wildman–Crippen MR) is 106 cm³/mol. The number of aliphatic hydroxyl groups is 1. The van der Waals surface area contributed by atoms with Crippen LogP contribution >= 0.6 is 0 Å². The molecule has 0 aliphatic carbocycles. The van der Waals surface area contributed by atoms with Gasteiger partial charge in [-0.3, -0.25) is 9.59 Å². The zero-order valence-corrected chi connectivity index (χ0v) is 15.9. The smallest absolute Gasteiger partial charge is 0.251 e. The summed E-state index contributed by atoms with van der Waals surface area (Å²) in [5, 5.41) is 12.6. The topological polar surface area (TPSA) is 79.5 Å². The van der Waals surface area contributed by atoms with Crippen molar-refractivity contribution in [2.75, 3.05) is 6.61 Å². The van der Waals surface area contributed by atoms with Crippen LogP contribution in [0.3, 0.4) is 0 Å². The lowest BCUT2D eigenvalue weighted by Gasteiger charge is -2.23. The minimum absolute atomic E-state index is 0.0930. The molecule has 5 heteroatoms. The van der Waals surface area contributed by atoms with Crippen LogP contribution in [0.5, 0.6) is 0 Å². The minimum Gasteiger partial charge on any atom is -0.456 e. The Hall–Kier alpha value is -2.92. The van der Waals surface area contributed by atoms with Gasteiger partial charge < -0.3 is 14.8 Å². The van der Waals surface area contributed by atoms with E-state index in [-0.39, 0.29) is 17.9 Å². The summed E-state index contributed by atoms with van der Waals surface area (Å²) in [6.45, 7) is 7.19. The zero-order chi connectivity index (χ0) is 19.8. The van der Waals surface area contributed by atoms with Crippen molar-refractivity contribution in [3.63, 3.8) is 0 Å². The highest BCUT2D eigenvalue weighted by Gasteiger charge is 2.20. The van der Waals surface area contributed by atoms with Gasteiger partial charge in [-0.2, -0.15) is 0 Å². The second kappa shape index (κ2) is 7.00. The molecule has 0 bridgehead atoms. The fourth-order valence-electron chi connectivity index (χ4n) is 2.96. The first-order valence-electron chi connectivity index (χ1n) is 8.79. The van der Waals surface area contributed by atoms with Gasteiger partial charge in [0.15, 0.2) is 5.43 Å². The van der Waals surface area contributed by atoms with Gasteiger partial charge in [0, 0.05) is 17.2 Å². The molecule has 1 amide bonds. The summed E-state index contributed by atoms with van der Waals surface area (Å²) >= 11 is 0. The summed E-state index contributed by atoms with van der Waals surface area (Å²) in [5.74, 6) is 0.189. The SMILES string of the molecule is Cc1cc(C)c2oc(-c3ccc(C(=O)NC(C)(C)CO)cc3)cc(=O)c2c1. The molecule has 0 fully saturated rings. The Morgan fingerprint density at radius 3 is 2.41 bits per heavy atom. The molecule has 140 valence electrons. The summed E-state index contributed by atoms with van der Waals surface area (Å²) in [7, 11) is 0. The fourth-order valence-corrected chi connectivity index (χ4v) is 2.96. The van der Waals surface area contributed by atoms with Gasteiger partial charge in [-0.05, 0) is 57.0 Å². The molecule has 3 rings (SSSR count). The van der Waals surface area contributed by atoms with E-state index in [4.69, 9.17) is 4.42 Å². The number of carbonyl (C=O) groups is 1. The maximum atomic E-state index is 12.5. The molecule has 2 N–H and O–H groups in total. The van der Waals surface area contributed by atoms with Crippen molar-refractivity contribution in [3.05, 3.63) is 69.4 Å². The normalized spacial score (nSPS) is 11.6. The maximum Gasteiger partial charge on any atom is 0.251 e. The Balaban J connectivity index is 1.96. The highest BCUT2D eigenvalue weighted by molar-refractivity contribution is 5.95. The second-order valence-electron chi connectivity index (χ2n) is 7.51. The van der Waals surface area contributed by atoms with Crippen molar-refractivity contribution < 1.29 is 14.3 Å². The van der Waals surface area contributed by atoms with Crippen LogP contribution < -0.4 is 10.7 Å². The Morgan fingerprint density at radius 1 is 1.11 bits per heavy atom. The molecule has 0 saturated carbocycles. The van der Waals surface area contributed by atoms with E-state index >= 15 is 0 Å². The maximum absolute atomic E-state index is 12.5. The number of hydrogen-bond donors (Lipinski definition) is 2. The minimum atomic E-state index is -0.698. The molecular weight excluding hydrogens is 342 g/mol. The molecule has 0 saturated heterocycles. The number of nitrogens with one attached hydrogen (secondary N) is 1. The van der Waals surface area contributed by atoms with Crippen LogP contribution in [0.2, 0.25) is 0 Å². The van der Waals surface area contributed by atoms with Crippen molar-refractivity contribution in [1.29, 1.82) is 0 Å². The van der Waals surface area contributed by atoms with E-state index in [1.165, 1.54) is 6.07 Å². The van der Waals surface area contributed by atoms with Gasteiger partial charge in [0.1, 0.15) is 11.3 Å². The van der Waals surface area contributed by atoms with E-state index in [0.29, 0.717) is 27.9 Å². The molecule has 0 radical (unpaired) electrons. The number of aliphatic hydroxyl groups excluding tert-OH is 1. The lowest BCUT2D eigenvalue weighted by atomic mass is 10.0. The van der Waals surface area contributed by atoms with Gasteiger partial charge in [-0.15, -0.1) is 0 Å². The third-order valence-corrected chi connectivity index (χ3v) is 4.44. The molecule has 1 heterocycles. The zero-order valence-electron chi connectivity index (χ0n) is 15.9. The average Bonchev–Trinajstić information content (AvgIpc) is 2.62. The number of rotatable bonds is 4. The van der Waals surface area contributed by atoms with Gasteiger partial charge in [-0.1, -0.05) is 18.2 Å². The molecule has 0 aliphatic rings. The summed E-state index contributed by atoms with van der Waals surface area (Å²) in [6.07, 6.45) is 0. The third kappa shape index (κ3) is 3.93. The van der Waals surface area contributed by atoms with Gasteiger partial charge in [-0.25, -0.2) is 0 Å². The number of carbonyl (C=O) groups excluding carboxylic acids is 1. The molecule has 0 unspecified atom stereocenters. The Bertz CT molecular complexity index is 1060. The van der Waals surface area contributed by atoms with E-state index in [9.17, 15) is 14.7 Å². The number of hydrogen-bond acceptors (Lipinski definition) is 4. The van der Waals surface area contributed by atoms with E-state index < -0.39 is 5.54 Å². The highest BCUT2D eigenvalue weighted by atomic mass is 16.3. The first-order chi connectivity index (χ1) is 12.7. The fraction of sp³-hybridized carbons (Fsp3) is 0.273. The lowest BCUT2D eigenvalue weighted by Crippen LogP contribution is -2.46. The first kappa shape index (κ1) is 18.9. The first-order valence-corrected chi connectivity index (χ1v) is 8.79. The van der Waals surface area contributed by atoms with Crippen molar-refractivity contribution >= 4 is 16.9 Å². The van der Waals surface area contributed by atoms with Crippen LogP contribution in [-0.2, 0) is 0 Å². The Kier molecular flexibility index (Phi) is 4.89. The average molecular weight is 365 g/mol. The molecule has 1 aromatic heterocycles. The molecule has 0 aliphatic heterocycles. The number of amides is 1. The highest BCUT2D eigenvalue weighted by Crippen LogP contribution is 2.25. The molecule has 27 heavy (non-hydrogen) atoms. The molecule has 0 spiro atoms. The molecule has 3 aromatic rings. The van der Waals surface area contributed by atoms with Gasteiger partial charge in [0.05, 0.1) is 17.5 Å². The standard InChI is InChI=1S/C22H23NO4/c1-13-9-14(2)20-17(10-13)18(25)11-19(27-20)15-5-7-16(8-6-15)21(26)23-22(3,4)12-24/h5-11,24H,12H2,1-4H3,(H,23,26). The van der Waals surface area contributed by atoms with Crippen LogP contribution in [0, 0.1) is 13.8 Å². The van der Waals surface area contributed by atoms with E-state index in [1.807, 2.05) is 26.0 Å². The molecular formula is C22H23NO4. The summed E-state index contributed by atoms with van der Waals surface area (Å²) in [4.78, 5) is 24.8. The molecule has 2 aromatic carbocycles. The van der Waals surface area contributed by atoms with Crippen LogP contribution in [-0.4, -0.2) is 23.2 Å². The van der Waals surface area contributed by atoms with E-state index in [2.05, 4.69) is 5.32 Å². The van der Waals surface area contributed by atoms with Crippen molar-refractivity contribution in [3.8, 4) is 11.3 Å². The number of fused-ring (bicyclic) bond motifs is 1. The predicted octanol–water partition coefficient (Wildman–Crippen LogP) is 3.58. The molecule has 0 atom stereocenters. The largest absolute Gasteiger partial charge is 0.456 e. The van der Waals surface area contributed by atoms with E-state index in [1.54, 1.807) is 38.1 Å². The van der Waals surface area contributed by atoms with Gasteiger partial charge >= 0.3 is 0 Å². The van der Waals surface area contributed by atoms with Crippen LogP contribution in [0.15, 0.2) is 51.7 Å². The monoisotopic (exact) mass is 365 g/mol. The summed E-state index contributed by atoms with van der Waals surface area (Å²) < 4.78 is 5.98. The number of benzene rings is 2. The van der Waals surface area contributed by atoms with Crippen molar-refractivity contribution in [2.24, 2.45) is 0 Å². The lowest BCUT2D eigenvalue weighted by molar-refractivity contribution is 0.0869. The van der Waals surface area contributed by atoms with Crippen molar-refractivity contribution in [1.82, 2.24) is 5.32 Å². The van der Waals surface area contributed by atoms with Crippen LogP contribution in [0.4, 0.5) is 0 Å². The van der Waals surface area contributed by atoms with E-state index in [0.717, 1.165) is 11.1 Å². The third-order valence-electron chi connectivity index (χ3n) is 4.44. The van der Waals surface area contributed by atoms with Crippen LogP contribution in [0.25, 0.3) is 22.3 Å². The van der Waals surface area contributed by atoms with Gasteiger partial charge in [0.25, 0.3) is 5.91 Å². The Morgan fingerprint density at radius 2 is 1.78 bits per heavy atom. The molecule has 5 nitrogen and oxygen atoms in total. The van der Waals surface area contributed by atoms with Crippen molar-refractivity contribution in [2.45, 2.75) is 33.2 Å². The number of aryl methyl sites for hydroxylation is 2. The quantitative estimate of drug-likeness (QED) is 0.741. The summed E-state index contributed by atoms with van der Waals surface area (Å²) in [5.41, 5.74) is 2.89. The summed E-state index contributed by atoms with van der Waals surface area (Å²) in [6, 6.07) is 12.1. The van der Waals surface area contributed by atoms with Crippen LogP contribution in [0.1, 0.15) is 35.3 Å². The Labute approximate surface area is 157 Å². The second-order valence-corrected chi connectivity index (χ2v) is 7.51. The van der Waals surface area contributed by atoms with Gasteiger partial charge in [0.2, 0.25) is 0 Å².